The van der Waals surface area contributed by atoms with Crippen molar-refractivity contribution >= 4 is 15.8 Å². The Morgan fingerprint density at radius 1 is 1.62 bits per heavy atom. The predicted octanol–water partition coefficient (Wildman–Crippen LogP) is -0.320. The maximum atomic E-state index is 11.8. The van der Waals surface area contributed by atoms with E-state index in [4.69, 9.17) is 9.84 Å². The molecule has 0 aliphatic carbocycles. The normalized spacial score (nSPS) is 23.2. The minimum atomic E-state index is -3.72. The lowest BCUT2D eigenvalue weighted by molar-refractivity contribution is -0.137. The summed E-state index contributed by atoms with van der Waals surface area (Å²) in [6.07, 6.45) is 1.12. The Morgan fingerprint density at radius 2 is 2.31 bits per heavy atom. The number of carboxylic acids is 1. The Morgan fingerprint density at radius 3 is 2.75 bits per heavy atom. The van der Waals surface area contributed by atoms with E-state index in [1.807, 2.05) is 0 Å². The largest absolute Gasteiger partial charge is 0.480 e. The molecule has 1 aliphatic rings. The third-order valence-corrected chi connectivity index (χ3v) is 4.51. The van der Waals surface area contributed by atoms with Gasteiger partial charge >= 0.3 is 5.97 Å². The van der Waals surface area contributed by atoms with Crippen LogP contribution >= 0.6 is 0 Å². The smallest absolute Gasteiger partial charge is 0.324 e. The Kier molecular flexibility index (Phi) is 4.69. The summed E-state index contributed by atoms with van der Waals surface area (Å²) in [5, 5.41) is 7.32. The number of rotatable bonds is 6. The molecule has 0 spiro atoms. The molecule has 1 heterocycles. The molecule has 0 aromatic carbocycles. The van der Waals surface area contributed by atoms with Crippen LogP contribution in [0.4, 0.5) is 0 Å². The maximum Gasteiger partial charge on any atom is 0.324 e. The number of sulfone groups is 1. The van der Waals surface area contributed by atoms with Gasteiger partial charge in [-0.2, -0.15) is 0 Å². The van der Waals surface area contributed by atoms with Gasteiger partial charge in [-0.25, -0.2) is 8.42 Å². The van der Waals surface area contributed by atoms with Crippen molar-refractivity contribution < 1.29 is 27.8 Å². The van der Waals surface area contributed by atoms with E-state index in [1.165, 1.54) is 7.11 Å². The molecule has 1 N–H and O–H groups in total. The molecule has 7 heteroatoms. The number of carboxylic acid groups (broad SMARTS) is 1. The molecule has 0 aromatic rings. The molecule has 6 nitrogen and oxygen atoms in total. The van der Waals surface area contributed by atoms with Crippen LogP contribution in [0.2, 0.25) is 0 Å². The van der Waals surface area contributed by atoms with Crippen LogP contribution in [0.15, 0.2) is 0 Å². The molecule has 1 rings (SSSR count). The third kappa shape index (κ3) is 3.43. The summed E-state index contributed by atoms with van der Waals surface area (Å²) in [6, 6.07) is 0. The van der Waals surface area contributed by atoms with Crippen LogP contribution in [-0.4, -0.2) is 56.9 Å². The molecule has 1 fully saturated rings. The molecule has 1 saturated heterocycles. The standard InChI is InChI=1S/C9H16O6S/c1-14-5-8(9(10)11)16(12,13)6-7-3-2-4-15-7/h7-8H,2-6H2,1H3,(H,10,11). The summed E-state index contributed by atoms with van der Waals surface area (Å²) in [5.41, 5.74) is 0. The van der Waals surface area contributed by atoms with Gasteiger partial charge in [0, 0.05) is 13.7 Å². The Balaban J connectivity index is 2.68. The molecule has 0 amide bonds. The summed E-state index contributed by atoms with van der Waals surface area (Å²) in [4.78, 5) is 10.8. The van der Waals surface area contributed by atoms with Gasteiger partial charge in [0.25, 0.3) is 0 Å². The number of hydrogen-bond donors (Lipinski definition) is 1. The monoisotopic (exact) mass is 252 g/mol. The SMILES string of the molecule is COCC(C(=O)O)S(=O)(=O)CC1CCCO1. The molecule has 16 heavy (non-hydrogen) atoms. The van der Waals surface area contributed by atoms with E-state index in [1.54, 1.807) is 0 Å². The average molecular weight is 252 g/mol. The van der Waals surface area contributed by atoms with Crippen LogP contribution in [0.1, 0.15) is 12.8 Å². The topological polar surface area (TPSA) is 89.9 Å². The molecule has 2 atom stereocenters. The van der Waals surface area contributed by atoms with Gasteiger partial charge in [0.15, 0.2) is 15.1 Å². The first-order valence-electron chi connectivity index (χ1n) is 5.02. The van der Waals surface area contributed by atoms with Crippen LogP contribution in [0.3, 0.4) is 0 Å². The number of aliphatic carboxylic acids is 1. The minimum absolute atomic E-state index is 0.243. The zero-order chi connectivity index (χ0) is 12.2. The molecule has 0 aromatic heterocycles. The van der Waals surface area contributed by atoms with Crippen molar-refractivity contribution in [3.05, 3.63) is 0 Å². The van der Waals surface area contributed by atoms with Crippen molar-refractivity contribution in [1.29, 1.82) is 0 Å². The number of methoxy groups -OCH3 is 1. The van der Waals surface area contributed by atoms with Gasteiger partial charge in [-0.15, -0.1) is 0 Å². The van der Waals surface area contributed by atoms with Crippen LogP contribution in [-0.2, 0) is 24.1 Å². The van der Waals surface area contributed by atoms with Crippen LogP contribution in [0.25, 0.3) is 0 Å². The van der Waals surface area contributed by atoms with E-state index in [0.29, 0.717) is 13.0 Å². The highest BCUT2D eigenvalue weighted by Crippen LogP contribution is 2.16. The highest BCUT2D eigenvalue weighted by molar-refractivity contribution is 7.92. The summed E-state index contributed by atoms with van der Waals surface area (Å²) >= 11 is 0. The van der Waals surface area contributed by atoms with Gasteiger partial charge in [-0.1, -0.05) is 0 Å². The van der Waals surface area contributed by atoms with E-state index >= 15 is 0 Å². The molecule has 1 aliphatic heterocycles. The van der Waals surface area contributed by atoms with Crippen molar-refractivity contribution in [2.24, 2.45) is 0 Å². The summed E-state index contributed by atoms with van der Waals surface area (Å²) < 4.78 is 33.4. The van der Waals surface area contributed by atoms with E-state index in [-0.39, 0.29) is 18.5 Å². The zero-order valence-corrected chi connectivity index (χ0v) is 9.90. The van der Waals surface area contributed by atoms with Crippen molar-refractivity contribution in [2.75, 3.05) is 26.1 Å². The second-order valence-corrected chi connectivity index (χ2v) is 5.97. The van der Waals surface area contributed by atoms with E-state index < -0.39 is 21.1 Å². The fourth-order valence-corrected chi connectivity index (χ4v) is 3.30. The van der Waals surface area contributed by atoms with Crippen LogP contribution < -0.4 is 0 Å². The quantitative estimate of drug-likeness (QED) is 0.696. The fraction of sp³-hybridized carbons (Fsp3) is 0.889. The second kappa shape index (κ2) is 5.60. The Hall–Kier alpha value is -0.660. The molecule has 0 radical (unpaired) electrons. The lowest BCUT2D eigenvalue weighted by atomic mass is 10.3. The van der Waals surface area contributed by atoms with Gasteiger partial charge in [0.2, 0.25) is 0 Å². The van der Waals surface area contributed by atoms with E-state index in [9.17, 15) is 13.2 Å². The first-order valence-corrected chi connectivity index (χ1v) is 6.74. The first kappa shape index (κ1) is 13.4. The number of hydrogen-bond acceptors (Lipinski definition) is 5. The van der Waals surface area contributed by atoms with Gasteiger partial charge in [-0.05, 0) is 12.8 Å². The lowest BCUT2D eigenvalue weighted by Crippen LogP contribution is -2.38. The molecule has 94 valence electrons. The average Bonchev–Trinajstić information content (AvgIpc) is 2.65. The van der Waals surface area contributed by atoms with Crippen molar-refractivity contribution in [3.8, 4) is 0 Å². The maximum absolute atomic E-state index is 11.8. The highest BCUT2D eigenvalue weighted by atomic mass is 32.2. The molecular weight excluding hydrogens is 236 g/mol. The van der Waals surface area contributed by atoms with Crippen molar-refractivity contribution in [1.82, 2.24) is 0 Å². The van der Waals surface area contributed by atoms with Crippen molar-refractivity contribution in [3.63, 3.8) is 0 Å². The van der Waals surface area contributed by atoms with E-state index in [0.717, 1.165) is 6.42 Å². The molecule has 2 unspecified atom stereocenters. The van der Waals surface area contributed by atoms with Crippen LogP contribution in [0.5, 0.6) is 0 Å². The van der Waals surface area contributed by atoms with Gasteiger partial charge in [-0.3, -0.25) is 4.79 Å². The van der Waals surface area contributed by atoms with E-state index in [2.05, 4.69) is 4.74 Å². The summed E-state index contributed by atoms with van der Waals surface area (Å²) in [6.45, 7) is 0.215. The number of ether oxygens (including phenoxy) is 2. The molecular formula is C9H16O6S. The van der Waals surface area contributed by atoms with Gasteiger partial charge < -0.3 is 14.6 Å². The number of carbonyl (C=O) groups is 1. The first-order chi connectivity index (χ1) is 7.47. The minimum Gasteiger partial charge on any atom is -0.480 e. The fourth-order valence-electron chi connectivity index (χ4n) is 1.63. The zero-order valence-electron chi connectivity index (χ0n) is 9.09. The lowest BCUT2D eigenvalue weighted by Gasteiger charge is -2.15. The van der Waals surface area contributed by atoms with Gasteiger partial charge in [0.1, 0.15) is 0 Å². The Labute approximate surface area is 94.5 Å². The van der Waals surface area contributed by atoms with Crippen LogP contribution in [0, 0.1) is 0 Å². The van der Waals surface area contributed by atoms with Crippen molar-refractivity contribution in [2.45, 2.75) is 24.2 Å². The highest BCUT2D eigenvalue weighted by Gasteiger charge is 2.35. The Bertz CT molecular complexity index is 330. The third-order valence-electron chi connectivity index (χ3n) is 2.47. The predicted molar refractivity (Wildman–Crippen MR) is 56.1 cm³/mol. The summed E-state index contributed by atoms with van der Waals surface area (Å²) in [5.74, 6) is -1.62. The molecule has 0 bridgehead atoms. The second-order valence-electron chi connectivity index (χ2n) is 3.75. The summed E-state index contributed by atoms with van der Waals surface area (Å²) in [7, 11) is -2.44. The van der Waals surface area contributed by atoms with Gasteiger partial charge in [0.05, 0.1) is 18.5 Å². The molecule has 0 saturated carbocycles.